The Balaban J connectivity index is 1.76. The van der Waals surface area contributed by atoms with Crippen LogP contribution in [0, 0.1) is 0 Å². The van der Waals surface area contributed by atoms with Crippen molar-refractivity contribution in [2.75, 3.05) is 0 Å². The maximum Gasteiger partial charge on any atom is 0.408 e. The summed E-state index contributed by atoms with van der Waals surface area (Å²) >= 11 is 1.48. The van der Waals surface area contributed by atoms with Gasteiger partial charge in [0.05, 0.1) is 0 Å². The standard InChI is InChI=1S/C22H27N3O4S/c1-21(2,3)29-20(28)24-17(12-15-10-7-11-30-15)18(26)25-22(19(23)27)13-16(22)14-8-5-4-6-9-14/h4-11,16-17H,12-13H2,1-3H3,(H2,23,27)(H,24,28)(H,25,26)/t16-,17+,22-/m1/s1. The molecule has 2 aromatic rings. The first-order chi connectivity index (χ1) is 14.1. The van der Waals surface area contributed by atoms with E-state index in [0.717, 1.165) is 10.4 Å². The van der Waals surface area contributed by atoms with Gasteiger partial charge in [0.1, 0.15) is 17.2 Å². The topological polar surface area (TPSA) is 111 Å². The lowest BCUT2D eigenvalue weighted by molar-refractivity contribution is -0.129. The largest absolute Gasteiger partial charge is 0.444 e. The summed E-state index contributed by atoms with van der Waals surface area (Å²) in [6.45, 7) is 5.24. The highest BCUT2D eigenvalue weighted by Crippen LogP contribution is 2.51. The van der Waals surface area contributed by atoms with Gasteiger partial charge in [-0.25, -0.2) is 4.79 Å². The molecule has 3 amide bonds. The predicted octanol–water partition coefficient (Wildman–Crippen LogP) is 2.71. The summed E-state index contributed by atoms with van der Waals surface area (Å²) in [5, 5.41) is 7.35. The summed E-state index contributed by atoms with van der Waals surface area (Å²) in [5.41, 5.74) is 4.75. The fraction of sp³-hybridized carbons (Fsp3) is 0.409. The Bertz CT molecular complexity index is 908. The van der Waals surface area contributed by atoms with Crippen LogP contribution in [0.25, 0.3) is 0 Å². The van der Waals surface area contributed by atoms with Gasteiger partial charge in [-0.2, -0.15) is 0 Å². The van der Waals surface area contributed by atoms with E-state index in [2.05, 4.69) is 10.6 Å². The molecule has 4 N–H and O–H groups in total. The monoisotopic (exact) mass is 429 g/mol. The van der Waals surface area contributed by atoms with Crippen LogP contribution in [0.1, 0.15) is 43.6 Å². The zero-order valence-electron chi connectivity index (χ0n) is 17.3. The number of ether oxygens (including phenoxy) is 1. The van der Waals surface area contributed by atoms with Gasteiger partial charge in [0.25, 0.3) is 0 Å². The fourth-order valence-electron chi connectivity index (χ4n) is 3.42. The van der Waals surface area contributed by atoms with Crippen LogP contribution in [0.5, 0.6) is 0 Å². The third-order valence-electron chi connectivity index (χ3n) is 4.94. The lowest BCUT2D eigenvalue weighted by atomic mass is 10.0. The molecular weight excluding hydrogens is 402 g/mol. The first-order valence-electron chi connectivity index (χ1n) is 9.79. The van der Waals surface area contributed by atoms with Gasteiger partial charge in [-0.3, -0.25) is 9.59 Å². The van der Waals surface area contributed by atoms with Crippen LogP contribution in [-0.4, -0.2) is 35.1 Å². The number of carbonyl (C=O) groups is 3. The predicted molar refractivity (Wildman–Crippen MR) is 115 cm³/mol. The van der Waals surface area contributed by atoms with E-state index in [4.69, 9.17) is 10.5 Å². The van der Waals surface area contributed by atoms with Crippen molar-refractivity contribution in [1.29, 1.82) is 0 Å². The maximum atomic E-state index is 13.1. The molecule has 1 heterocycles. The number of benzene rings is 1. The minimum atomic E-state index is -1.15. The molecule has 0 aliphatic heterocycles. The fourth-order valence-corrected chi connectivity index (χ4v) is 4.17. The average Bonchev–Trinajstić information content (AvgIpc) is 3.16. The number of hydrogen-bond donors (Lipinski definition) is 3. The second-order valence-electron chi connectivity index (χ2n) is 8.47. The summed E-state index contributed by atoms with van der Waals surface area (Å²) in [6.07, 6.45) is 0.0202. The van der Waals surface area contributed by atoms with E-state index in [1.807, 2.05) is 47.8 Å². The van der Waals surface area contributed by atoms with Crippen LogP contribution in [-0.2, 0) is 20.7 Å². The van der Waals surface area contributed by atoms with E-state index in [1.165, 1.54) is 11.3 Å². The quantitative estimate of drug-likeness (QED) is 0.628. The molecule has 160 valence electrons. The molecule has 1 aliphatic rings. The van der Waals surface area contributed by atoms with Crippen molar-refractivity contribution in [3.63, 3.8) is 0 Å². The summed E-state index contributed by atoms with van der Waals surface area (Å²) in [7, 11) is 0. The smallest absolute Gasteiger partial charge is 0.408 e. The van der Waals surface area contributed by atoms with Crippen LogP contribution in [0.4, 0.5) is 4.79 Å². The third-order valence-corrected chi connectivity index (χ3v) is 5.84. The van der Waals surface area contributed by atoms with Crippen LogP contribution in [0.2, 0.25) is 0 Å². The Hall–Kier alpha value is -2.87. The highest BCUT2D eigenvalue weighted by molar-refractivity contribution is 7.09. The molecule has 0 saturated heterocycles. The summed E-state index contributed by atoms with van der Waals surface area (Å²) in [4.78, 5) is 38.6. The molecular formula is C22H27N3O4S. The molecule has 1 fully saturated rings. The number of nitrogens with one attached hydrogen (secondary N) is 2. The van der Waals surface area contributed by atoms with Crippen LogP contribution >= 0.6 is 11.3 Å². The normalized spacial score (nSPS) is 21.4. The molecule has 0 radical (unpaired) electrons. The number of rotatable bonds is 7. The Kier molecular flexibility index (Phi) is 6.17. The molecule has 1 aromatic carbocycles. The Morgan fingerprint density at radius 1 is 1.20 bits per heavy atom. The number of hydrogen-bond acceptors (Lipinski definition) is 5. The van der Waals surface area contributed by atoms with Gasteiger partial charge >= 0.3 is 6.09 Å². The van der Waals surface area contributed by atoms with E-state index in [9.17, 15) is 14.4 Å². The molecule has 8 heteroatoms. The number of alkyl carbamates (subject to hydrolysis) is 1. The third kappa shape index (κ3) is 5.18. The van der Waals surface area contributed by atoms with Crippen molar-refractivity contribution in [1.82, 2.24) is 10.6 Å². The number of thiophene rings is 1. The van der Waals surface area contributed by atoms with Gasteiger partial charge < -0.3 is 21.1 Å². The maximum absolute atomic E-state index is 13.1. The Morgan fingerprint density at radius 2 is 1.90 bits per heavy atom. The number of nitrogens with two attached hydrogens (primary N) is 1. The Labute approximate surface area is 180 Å². The van der Waals surface area contributed by atoms with Crippen LogP contribution in [0.3, 0.4) is 0 Å². The minimum absolute atomic E-state index is 0.191. The Morgan fingerprint density at radius 3 is 2.47 bits per heavy atom. The number of carbonyl (C=O) groups excluding carboxylic acids is 3. The van der Waals surface area contributed by atoms with E-state index in [1.54, 1.807) is 20.8 Å². The lowest BCUT2D eigenvalue weighted by Crippen LogP contribution is -2.56. The van der Waals surface area contributed by atoms with Gasteiger partial charge in [0.15, 0.2) is 0 Å². The van der Waals surface area contributed by atoms with Crippen molar-refractivity contribution in [3.8, 4) is 0 Å². The van der Waals surface area contributed by atoms with Crippen molar-refractivity contribution in [2.45, 2.75) is 56.7 Å². The first kappa shape index (κ1) is 21.8. The second-order valence-corrected chi connectivity index (χ2v) is 9.51. The zero-order valence-corrected chi connectivity index (χ0v) is 18.1. The highest BCUT2D eigenvalue weighted by Gasteiger charge is 2.61. The number of amides is 3. The molecule has 1 aromatic heterocycles. The molecule has 3 atom stereocenters. The summed E-state index contributed by atoms with van der Waals surface area (Å²) in [5.74, 6) is -1.24. The molecule has 3 rings (SSSR count). The minimum Gasteiger partial charge on any atom is -0.444 e. The molecule has 1 aliphatic carbocycles. The van der Waals surface area contributed by atoms with E-state index in [0.29, 0.717) is 6.42 Å². The van der Waals surface area contributed by atoms with Crippen LogP contribution < -0.4 is 16.4 Å². The van der Waals surface area contributed by atoms with Crippen molar-refractivity contribution in [2.24, 2.45) is 5.73 Å². The van der Waals surface area contributed by atoms with Gasteiger partial charge in [-0.1, -0.05) is 36.4 Å². The number of primary amides is 1. The lowest BCUT2D eigenvalue weighted by Gasteiger charge is -2.25. The molecule has 1 saturated carbocycles. The zero-order chi connectivity index (χ0) is 21.9. The van der Waals surface area contributed by atoms with Crippen LogP contribution in [0.15, 0.2) is 47.8 Å². The van der Waals surface area contributed by atoms with Crippen molar-refractivity contribution >= 4 is 29.2 Å². The molecule has 0 spiro atoms. The SMILES string of the molecule is CC(C)(C)OC(=O)N[C@@H](Cc1cccs1)C(=O)N[C@]1(C(N)=O)C[C@@H]1c1ccccc1. The van der Waals surface area contributed by atoms with E-state index in [-0.39, 0.29) is 12.3 Å². The van der Waals surface area contributed by atoms with Crippen molar-refractivity contribution < 1.29 is 19.1 Å². The van der Waals surface area contributed by atoms with Gasteiger partial charge in [0.2, 0.25) is 11.8 Å². The molecule has 7 nitrogen and oxygen atoms in total. The van der Waals surface area contributed by atoms with Crippen molar-refractivity contribution in [3.05, 3.63) is 58.3 Å². The molecule has 30 heavy (non-hydrogen) atoms. The summed E-state index contributed by atoms with van der Waals surface area (Å²) in [6, 6.07) is 12.3. The molecule has 0 bridgehead atoms. The van der Waals surface area contributed by atoms with Gasteiger partial charge in [-0.05, 0) is 44.2 Å². The average molecular weight is 430 g/mol. The van der Waals surface area contributed by atoms with Gasteiger partial charge in [-0.15, -0.1) is 11.3 Å². The van der Waals surface area contributed by atoms with Gasteiger partial charge in [0, 0.05) is 17.2 Å². The van der Waals surface area contributed by atoms with E-state index >= 15 is 0 Å². The molecule has 0 unspecified atom stereocenters. The summed E-state index contributed by atoms with van der Waals surface area (Å²) < 4.78 is 5.30. The second kappa shape index (κ2) is 8.47. The van der Waals surface area contributed by atoms with E-state index < -0.39 is 35.1 Å². The first-order valence-corrected chi connectivity index (χ1v) is 10.7. The highest BCUT2D eigenvalue weighted by atomic mass is 32.1.